The number of amides is 3. The van der Waals surface area contributed by atoms with E-state index in [2.05, 4.69) is 21.2 Å². The fourth-order valence-corrected chi connectivity index (χ4v) is 2.19. The van der Waals surface area contributed by atoms with E-state index in [4.69, 9.17) is 11.6 Å². The molecule has 0 spiro atoms. The Hall–Kier alpha value is -1.40. The highest BCUT2D eigenvalue weighted by Gasteiger charge is 2.28. The minimum atomic E-state index is -0.495. The lowest BCUT2D eigenvalue weighted by Crippen LogP contribution is -2.53. The minimum Gasteiger partial charge on any atom is -0.320 e. The molecule has 1 fully saturated rings. The zero-order valence-electron chi connectivity index (χ0n) is 9.07. The van der Waals surface area contributed by atoms with Gasteiger partial charge in [-0.1, -0.05) is 17.7 Å². The smallest absolute Gasteiger partial charge is 0.256 e. The molecule has 0 radical (unpaired) electrons. The van der Waals surface area contributed by atoms with Gasteiger partial charge in [-0.05, 0) is 28.1 Å². The van der Waals surface area contributed by atoms with Crippen LogP contribution in [0.25, 0.3) is 0 Å². The Morgan fingerprint density at radius 2 is 1.89 bits per heavy atom. The summed E-state index contributed by atoms with van der Waals surface area (Å²) >= 11 is 9.21. The number of carbonyl (C=O) groups is 3. The molecule has 1 aromatic rings. The van der Waals surface area contributed by atoms with Crippen molar-refractivity contribution in [1.82, 2.24) is 10.2 Å². The maximum Gasteiger partial charge on any atom is 0.256 e. The number of halogens is 2. The van der Waals surface area contributed by atoms with Crippen molar-refractivity contribution in [3.8, 4) is 0 Å². The molecular weight excluding hydrogens is 323 g/mol. The summed E-state index contributed by atoms with van der Waals surface area (Å²) in [6.45, 7) is -0.291. The largest absolute Gasteiger partial charge is 0.320 e. The molecular formula is C11H8BrClN2O3. The summed E-state index contributed by atoms with van der Waals surface area (Å²) in [6.07, 6.45) is 0. The molecule has 1 saturated heterocycles. The number of nitrogens with zero attached hydrogens (tertiary/aromatic N) is 1. The first-order valence-electron chi connectivity index (χ1n) is 5.05. The topological polar surface area (TPSA) is 66.5 Å². The number of imide groups is 1. The maximum atomic E-state index is 12.2. The second kappa shape index (κ2) is 5.07. The van der Waals surface area contributed by atoms with Gasteiger partial charge in [-0.2, -0.15) is 0 Å². The molecule has 1 N–H and O–H groups in total. The third-order valence-electron chi connectivity index (χ3n) is 2.42. The lowest BCUT2D eigenvalue weighted by molar-refractivity contribution is -0.135. The first kappa shape index (κ1) is 13.0. The average molecular weight is 332 g/mol. The SMILES string of the molecule is O=C1CN(C(=O)c2cccc(Br)c2Cl)CC(=O)N1. The molecule has 0 aromatic heterocycles. The molecule has 0 atom stereocenters. The van der Waals surface area contributed by atoms with Crippen LogP contribution in [-0.2, 0) is 9.59 Å². The molecule has 1 aliphatic rings. The van der Waals surface area contributed by atoms with E-state index < -0.39 is 17.7 Å². The van der Waals surface area contributed by atoms with Crippen LogP contribution in [0.2, 0.25) is 5.02 Å². The fourth-order valence-electron chi connectivity index (χ4n) is 1.62. The first-order valence-corrected chi connectivity index (χ1v) is 6.22. The lowest BCUT2D eigenvalue weighted by Gasteiger charge is -2.25. The van der Waals surface area contributed by atoms with Gasteiger partial charge in [0.1, 0.15) is 13.1 Å². The van der Waals surface area contributed by atoms with Crippen molar-refractivity contribution >= 4 is 45.3 Å². The van der Waals surface area contributed by atoms with Gasteiger partial charge in [0.15, 0.2) is 0 Å². The van der Waals surface area contributed by atoms with Gasteiger partial charge in [-0.25, -0.2) is 0 Å². The Bertz CT molecular complexity index is 531. The highest BCUT2D eigenvalue weighted by molar-refractivity contribution is 9.10. The van der Waals surface area contributed by atoms with Gasteiger partial charge in [0.25, 0.3) is 5.91 Å². The van der Waals surface area contributed by atoms with Crippen molar-refractivity contribution in [2.24, 2.45) is 0 Å². The van der Waals surface area contributed by atoms with Crippen molar-refractivity contribution in [1.29, 1.82) is 0 Å². The molecule has 1 aromatic carbocycles. The van der Waals surface area contributed by atoms with Crippen LogP contribution in [0.4, 0.5) is 0 Å². The van der Waals surface area contributed by atoms with E-state index in [-0.39, 0.29) is 23.7 Å². The van der Waals surface area contributed by atoms with Gasteiger partial charge in [0.05, 0.1) is 10.6 Å². The molecule has 18 heavy (non-hydrogen) atoms. The second-order valence-electron chi connectivity index (χ2n) is 3.73. The van der Waals surface area contributed by atoms with E-state index in [1.165, 1.54) is 0 Å². The Morgan fingerprint density at radius 1 is 1.28 bits per heavy atom. The van der Waals surface area contributed by atoms with E-state index in [9.17, 15) is 14.4 Å². The summed E-state index contributed by atoms with van der Waals surface area (Å²) in [7, 11) is 0. The van der Waals surface area contributed by atoms with E-state index in [1.807, 2.05) is 0 Å². The average Bonchev–Trinajstić information content (AvgIpc) is 2.30. The van der Waals surface area contributed by atoms with Crippen LogP contribution in [0.3, 0.4) is 0 Å². The number of hydrogen-bond acceptors (Lipinski definition) is 3. The van der Waals surface area contributed by atoms with Crippen LogP contribution in [0.1, 0.15) is 10.4 Å². The molecule has 2 rings (SSSR count). The predicted octanol–water partition coefficient (Wildman–Crippen LogP) is 1.20. The Morgan fingerprint density at radius 3 is 2.50 bits per heavy atom. The highest BCUT2D eigenvalue weighted by Crippen LogP contribution is 2.27. The number of carbonyl (C=O) groups excluding carboxylic acids is 3. The Kier molecular flexibility index (Phi) is 3.68. The fraction of sp³-hybridized carbons (Fsp3) is 0.182. The van der Waals surface area contributed by atoms with Crippen LogP contribution in [0.15, 0.2) is 22.7 Å². The van der Waals surface area contributed by atoms with Crippen LogP contribution >= 0.6 is 27.5 Å². The van der Waals surface area contributed by atoms with E-state index in [1.54, 1.807) is 18.2 Å². The van der Waals surface area contributed by atoms with E-state index >= 15 is 0 Å². The van der Waals surface area contributed by atoms with Crippen LogP contribution < -0.4 is 5.32 Å². The predicted molar refractivity (Wildman–Crippen MR) is 68.2 cm³/mol. The molecule has 0 aliphatic carbocycles. The minimum absolute atomic E-state index is 0.145. The summed E-state index contributed by atoms with van der Waals surface area (Å²) in [5.41, 5.74) is 0.258. The van der Waals surface area contributed by atoms with Gasteiger partial charge in [0.2, 0.25) is 11.8 Å². The van der Waals surface area contributed by atoms with E-state index in [0.717, 1.165) is 4.90 Å². The highest BCUT2D eigenvalue weighted by atomic mass is 79.9. The standard InChI is InChI=1S/C11H8BrClN2O3/c12-7-3-1-2-6(10(7)13)11(18)15-4-8(16)14-9(17)5-15/h1-3H,4-5H2,(H,14,16,17). The summed E-state index contributed by atoms with van der Waals surface area (Å²) < 4.78 is 0.586. The zero-order valence-corrected chi connectivity index (χ0v) is 11.4. The van der Waals surface area contributed by atoms with Gasteiger partial charge in [0, 0.05) is 4.47 Å². The third-order valence-corrected chi connectivity index (χ3v) is 3.71. The Balaban J connectivity index is 2.28. The van der Waals surface area contributed by atoms with Crippen molar-refractivity contribution in [2.45, 2.75) is 0 Å². The number of rotatable bonds is 1. The normalized spacial score (nSPS) is 15.6. The number of benzene rings is 1. The maximum absolute atomic E-state index is 12.2. The number of hydrogen-bond donors (Lipinski definition) is 1. The molecule has 1 heterocycles. The quantitative estimate of drug-likeness (QED) is 0.786. The zero-order chi connectivity index (χ0) is 13.3. The lowest BCUT2D eigenvalue weighted by atomic mass is 10.2. The van der Waals surface area contributed by atoms with Gasteiger partial charge < -0.3 is 4.90 Å². The van der Waals surface area contributed by atoms with Crippen molar-refractivity contribution in [2.75, 3.05) is 13.1 Å². The first-order chi connectivity index (χ1) is 8.49. The van der Waals surface area contributed by atoms with Crippen molar-refractivity contribution in [3.05, 3.63) is 33.3 Å². The van der Waals surface area contributed by atoms with E-state index in [0.29, 0.717) is 4.47 Å². The molecule has 0 saturated carbocycles. The molecule has 0 bridgehead atoms. The molecule has 1 aliphatic heterocycles. The summed E-state index contributed by atoms with van der Waals surface area (Å²) in [5, 5.41) is 2.39. The van der Waals surface area contributed by atoms with Gasteiger partial charge in [-0.15, -0.1) is 0 Å². The van der Waals surface area contributed by atoms with Crippen molar-refractivity contribution < 1.29 is 14.4 Å². The van der Waals surface area contributed by atoms with Crippen LogP contribution in [-0.4, -0.2) is 35.7 Å². The van der Waals surface area contributed by atoms with Crippen molar-refractivity contribution in [3.63, 3.8) is 0 Å². The summed E-state index contributed by atoms with van der Waals surface area (Å²) in [4.78, 5) is 35.7. The molecule has 0 unspecified atom stereocenters. The molecule has 94 valence electrons. The van der Waals surface area contributed by atoms with Gasteiger partial charge >= 0.3 is 0 Å². The molecule has 3 amide bonds. The summed E-state index contributed by atoms with van der Waals surface area (Å²) in [6, 6.07) is 4.91. The monoisotopic (exact) mass is 330 g/mol. The van der Waals surface area contributed by atoms with Crippen LogP contribution in [0.5, 0.6) is 0 Å². The molecule has 5 nitrogen and oxygen atoms in total. The summed E-state index contributed by atoms with van der Waals surface area (Å²) in [5.74, 6) is -1.43. The number of nitrogens with one attached hydrogen (secondary N) is 1. The Labute approximate surface area is 116 Å². The number of piperazine rings is 1. The third kappa shape index (κ3) is 2.54. The second-order valence-corrected chi connectivity index (χ2v) is 4.97. The van der Waals surface area contributed by atoms with Gasteiger partial charge in [-0.3, -0.25) is 19.7 Å². The molecule has 7 heteroatoms. The van der Waals surface area contributed by atoms with Crippen LogP contribution in [0, 0.1) is 0 Å².